The second kappa shape index (κ2) is 11.2. The minimum atomic E-state index is -1.11. The maximum atomic E-state index is 14.1. The number of fused-ring (bicyclic) bond motifs is 1. The van der Waals surface area contributed by atoms with Crippen molar-refractivity contribution in [2.24, 2.45) is 17.8 Å². The van der Waals surface area contributed by atoms with E-state index in [-0.39, 0.29) is 35.1 Å². The first-order valence-electron chi connectivity index (χ1n) is 13.1. The lowest BCUT2D eigenvalue weighted by atomic mass is 9.70. The molecule has 7 atom stereocenters. The predicted octanol–water partition coefficient (Wildman–Crippen LogP) is 2.37. The zero-order chi connectivity index (χ0) is 26.0. The molecule has 3 heterocycles. The number of amides is 3. The first-order valence-corrected chi connectivity index (χ1v) is 14.0. The molecular formula is C27H38BrN3O5. The van der Waals surface area contributed by atoms with E-state index in [2.05, 4.69) is 26.6 Å². The number of aliphatic hydroxyl groups is 1. The molecule has 4 rings (SSSR count). The number of benzene rings is 1. The van der Waals surface area contributed by atoms with Gasteiger partial charge in [0.1, 0.15) is 11.6 Å². The summed E-state index contributed by atoms with van der Waals surface area (Å²) in [6.07, 6.45) is 2.27. The van der Waals surface area contributed by atoms with E-state index in [1.54, 1.807) is 4.90 Å². The van der Waals surface area contributed by atoms with E-state index >= 15 is 0 Å². The fourth-order valence-corrected chi connectivity index (χ4v) is 7.21. The Bertz CT molecular complexity index is 960. The van der Waals surface area contributed by atoms with Crippen LogP contribution < -0.4 is 10.6 Å². The van der Waals surface area contributed by atoms with Gasteiger partial charge >= 0.3 is 0 Å². The number of carbonyl (C=O) groups is 3. The first-order chi connectivity index (χ1) is 17.2. The summed E-state index contributed by atoms with van der Waals surface area (Å²) in [5, 5.41) is 16.3. The molecule has 3 amide bonds. The number of nitrogens with one attached hydrogen (secondary N) is 2. The zero-order valence-electron chi connectivity index (χ0n) is 21.3. The van der Waals surface area contributed by atoms with Gasteiger partial charge in [0.05, 0.1) is 30.6 Å². The van der Waals surface area contributed by atoms with Crippen LogP contribution in [0.1, 0.15) is 52.0 Å². The van der Waals surface area contributed by atoms with Gasteiger partial charge in [0, 0.05) is 17.9 Å². The largest absolute Gasteiger partial charge is 0.394 e. The molecular weight excluding hydrogens is 526 g/mol. The summed E-state index contributed by atoms with van der Waals surface area (Å²) < 4.78 is 6.51. The molecule has 0 aliphatic carbocycles. The second-order valence-electron chi connectivity index (χ2n) is 10.7. The zero-order valence-corrected chi connectivity index (χ0v) is 22.9. The van der Waals surface area contributed by atoms with Crippen LogP contribution in [0, 0.1) is 17.8 Å². The van der Waals surface area contributed by atoms with Crippen LogP contribution in [0.25, 0.3) is 0 Å². The lowest BCUT2D eigenvalue weighted by Gasteiger charge is -2.37. The number of carbonyl (C=O) groups excluding carboxylic acids is 3. The van der Waals surface area contributed by atoms with E-state index in [1.165, 1.54) is 0 Å². The van der Waals surface area contributed by atoms with Crippen molar-refractivity contribution in [2.75, 3.05) is 13.2 Å². The topological polar surface area (TPSA) is 108 Å². The molecule has 0 aromatic heterocycles. The van der Waals surface area contributed by atoms with Crippen LogP contribution in [0.5, 0.6) is 0 Å². The number of halogens is 1. The number of hydrogen-bond acceptors (Lipinski definition) is 5. The van der Waals surface area contributed by atoms with E-state index < -0.39 is 35.6 Å². The Morgan fingerprint density at radius 2 is 1.94 bits per heavy atom. The Labute approximate surface area is 221 Å². The average molecular weight is 565 g/mol. The molecule has 3 aliphatic rings. The summed E-state index contributed by atoms with van der Waals surface area (Å²) in [6, 6.07) is 8.20. The van der Waals surface area contributed by atoms with Gasteiger partial charge in [-0.1, -0.05) is 73.5 Å². The van der Waals surface area contributed by atoms with Crippen LogP contribution in [0.3, 0.4) is 0 Å². The molecule has 3 N–H and O–H groups in total. The summed E-state index contributed by atoms with van der Waals surface area (Å²) in [5.74, 6) is -2.06. The molecule has 3 saturated heterocycles. The highest BCUT2D eigenvalue weighted by molar-refractivity contribution is 9.09. The number of ether oxygens (including phenoxy) is 1. The van der Waals surface area contributed by atoms with Crippen molar-refractivity contribution in [2.45, 2.75) is 81.6 Å². The third-order valence-electron chi connectivity index (χ3n) is 7.76. The van der Waals surface area contributed by atoms with Gasteiger partial charge < -0.3 is 25.4 Å². The third kappa shape index (κ3) is 4.82. The van der Waals surface area contributed by atoms with Crippen LogP contribution in [-0.4, -0.2) is 69.5 Å². The molecule has 198 valence electrons. The number of nitrogens with zero attached hydrogens (tertiary/aromatic N) is 1. The Morgan fingerprint density at radius 1 is 1.22 bits per heavy atom. The van der Waals surface area contributed by atoms with Crippen molar-refractivity contribution in [3.63, 3.8) is 0 Å². The molecule has 0 saturated carbocycles. The molecule has 1 aromatic rings. The summed E-state index contributed by atoms with van der Waals surface area (Å²) in [6.45, 7) is 6.69. The lowest BCUT2D eigenvalue weighted by Crippen LogP contribution is -2.58. The quantitative estimate of drug-likeness (QED) is 0.283. The normalized spacial score (nSPS) is 31.6. The van der Waals surface area contributed by atoms with E-state index in [9.17, 15) is 19.5 Å². The number of alkyl halides is 1. The summed E-state index contributed by atoms with van der Waals surface area (Å²) in [4.78, 5) is 42.6. The van der Waals surface area contributed by atoms with E-state index in [0.29, 0.717) is 25.9 Å². The van der Waals surface area contributed by atoms with Gasteiger partial charge in [0.25, 0.3) is 0 Å². The Morgan fingerprint density at radius 3 is 2.58 bits per heavy atom. The standard InChI is InChI=1S/C27H38BrN3O5/c1-4-5-11-29-25(34)23-27-13-19(28)22(36-27)20(24(33)30-14-17-9-7-6-8-10-17)21(27)26(35)31(23)18(15-32)12-16(2)3/h6-10,16,18-23,32H,4-5,11-15H2,1-3H3,(H,29,34)(H,30,33)/t18-,19?,20+,21+,22+,23?,27?/m1/s1. The van der Waals surface area contributed by atoms with Crippen molar-refractivity contribution in [1.29, 1.82) is 0 Å². The van der Waals surface area contributed by atoms with E-state index in [1.807, 2.05) is 51.1 Å². The maximum absolute atomic E-state index is 14.1. The SMILES string of the molecule is CCCCNC(=O)C1N([C@@H](CO)CC(C)C)C(=O)[C@@H]2[C@H](C(=O)NCc3ccccc3)[C@H]3OC12CC3Br. The van der Waals surface area contributed by atoms with E-state index in [4.69, 9.17) is 4.74 Å². The maximum Gasteiger partial charge on any atom is 0.245 e. The molecule has 1 aromatic carbocycles. The molecule has 3 unspecified atom stereocenters. The highest BCUT2D eigenvalue weighted by Crippen LogP contribution is 2.60. The molecule has 0 radical (unpaired) electrons. The second-order valence-corrected chi connectivity index (χ2v) is 11.9. The van der Waals surface area contributed by atoms with Crippen LogP contribution in [-0.2, 0) is 25.7 Å². The van der Waals surface area contributed by atoms with Gasteiger partial charge in [-0.2, -0.15) is 0 Å². The molecule has 3 fully saturated rings. The number of rotatable bonds is 11. The summed E-state index contributed by atoms with van der Waals surface area (Å²) in [7, 11) is 0. The van der Waals surface area contributed by atoms with E-state index in [0.717, 1.165) is 18.4 Å². The third-order valence-corrected chi connectivity index (χ3v) is 8.61. The highest BCUT2D eigenvalue weighted by Gasteiger charge is 2.76. The molecule has 8 nitrogen and oxygen atoms in total. The lowest BCUT2D eigenvalue weighted by molar-refractivity contribution is -0.146. The van der Waals surface area contributed by atoms with Gasteiger partial charge in [0.2, 0.25) is 17.7 Å². The summed E-state index contributed by atoms with van der Waals surface area (Å²) in [5.41, 5.74) is -0.143. The van der Waals surface area contributed by atoms with Gasteiger partial charge in [-0.25, -0.2) is 0 Å². The number of aliphatic hydroxyl groups excluding tert-OH is 1. The summed E-state index contributed by atoms with van der Waals surface area (Å²) >= 11 is 3.69. The minimum Gasteiger partial charge on any atom is -0.394 e. The van der Waals surface area contributed by atoms with Gasteiger partial charge in [-0.05, 0) is 30.7 Å². The van der Waals surface area contributed by atoms with Crippen LogP contribution in [0.2, 0.25) is 0 Å². The molecule has 9 heteroatoms. The first kappa shape index (κ1) is 27.1. The Hall–Kier alpha value is -1.97. The van der Waals surface area contributed by atoms with Crippen molar-refractivity contribution >= 4 is 33.7 Å². The smallest absolute Gasteiger partial charge is 0.245 e. The molecule has 3 aliphatic heterocycles. The minimum absolute atomic E-state index is 0.155. The number of likely N-dealkylation sites (tertiary alicyclic amines) is 1. The highest BCUT2D eigenvalue weighted by atomic mass is 79.9. The van der Waals surface area contributed by atoms with Crippen LogP contribution in [0.4, 0.5) is 0 Å². The Balaban J connectivity index is 1.66. The van der Waals surface area contributed by atoms with Crippen molar-refractivity contribution in [1.82, 2.24) is 15.5 Å². The van der Waals surface area contributed by atoms with Crippen LogP contribution >= 0.6 is 15.9 Å². The molecule has 2 bridgehead atoms. The number of hydrogen-bond donors (Lipinski definition) is 3. The Kier molecular flexibility index (Phi) is 8.42. The van der Waals surface area contributed by atoms with Gasteiger partial charge in [-0.3, -0.25) is 14.4 Å². The monoisotopic (exact) mass is 563 g/mol. The van der Waals surface area contributed by atoms with Gasteiger partial charge in [0.15, 0.2) is 0 Å². The van der Waals surface area contributed by atoms with Gasteiger partial charge in [-0.15, -0.1) is 0 Å². The fourth-order valence-electron chi connectivity index (χ4n) is 6.27. The fraction of sp³-hybridized carbons (Fsp3) is 0.667. The molecule has 1 spiro atoms. The molecule has 36 heavy (non-hydrogen) atoms. The van der Waals surface area contributed by atoms with Crippen LogP contribution in [0.15, 0.2) is 30.3 Å². The van der Waals surface area contributed by atoms with Crippen molar-refractivity contribution < 1.29 is 24.2 Å². The van der Waals surface area contributed by atoms with Crippen molar-refractivity contribution in [3.8, 4) is 0 Å². The van der Waals surface area contributed by atoms with Crippen molar-refractivity contribution in [3.05, 3.63) is 35.9 Å². The average Bonchev–Trinajstić information content (AvgIpc) is 3.45. The predicted molar refractivity (Wildman–Crippen MR) is 139 cm³/mol. The number of unbranched alkanes of at least 4 members (excludes halogenated alkanes) is 1.